The lowest BCUT2D eigenvalue weighted by Crippen LogP contribution is -2.16. The van der Waals surface area contributed by atoms with Gasteiger partial charge < -0.3 is 4.57 Å². The molecule has 3 aromatic rings. The van der Waals surface area contributed by atoms with E-state index < -0.39 is 4.92 Å². The number of thiophene rings is 1. The van der Waals surface area contributed by atoms with Crippen LogP contribution in [0.15, 0.2) is 57.2 Å². The maximum Gasteiger partial charge on any atom is 0.283 e. The molecule has 0 aliphatic rings. The highest BCUT2D eigenvalue weighted by Gasteiger charge is 2.17. The fourth-order valence-corrected chi connectivity index (χ4v) is 3.40. The Labute approximate surface area is 155 Å². The van der Waals surface area contributed by atoms with Gasteiger partial charge in [0.25, 0.3) is 11.6 Å². The van der Waals surface area contributed by atoms with E-state index in [-0.39, 0.29) is 11.6 Å². The lowest BCUT2D eigenvalue weighted by atomic mass is 10.2. The number of carbonyl (C=O) groups excluding carboxylic acids is 1. The number of nitro benzene ring substituents is 1. The molecule has 2 heterocycles. The number of nitro groups is 1. The minimum Gasteiger partial charge on any atom is -0.311 e. The number of hydrazone groups is 1. The monoisotopic (exact) mass is 388 g/mol. The maximum absolute atomic E-state index is 11.8. The minimum atomic E-state index is -0.472. The molecule has 0 saturated heterocycles. The molecule has 0 spiro atoms. The number of nitrogens with one attached hydrogen (secondary N) is 1. The van der Waals surface area contributed by atoms with Gasteiger partial charge in [-0.3, -0.25) is 14.9 Å². The number of nitrogens with zero attached hydrogens (tertiary/aromatic N) is 5. The van der Waals surface area contributed by atoms with Gasteiger partial charge >= 0.3 is 0 Å². The average Bonchev–Trinajstić information content (AvgIpc) is 3.28. The van der Waals surface area contributed by atoms with Crippen LogP contribution in [0.3, 0.4) is 0 Å². The van der Waals surface area contributed by atoms with Crippen molar-refractivity contribution in [3.05, 3.63) is 62.6 Å². The van der Waals surface area contributed by atoms with Crippen molar-refractivity contribution in [2.75, 3.05) is 0 Å². The summed E-state index contributed by atoms with van der Waals surface area (Å²) in [4.78, 5) is 23.7. The van der Waals surface area contributed by atoms with Gasteiger partial charge in [0.05, 0.1) is 20.9 Å². The highest BCUT2D eigenvalue weighted by molar-refractivity contribution is 7.99. The zero-order valence-corrected chi connectivity index (χ0v) is 15.0. The molecule has 11 heteroatoms. The summed E-state index contributed by atoms with van der Waals surface area (Å²) in [7, 11) is 1.76. The zero-order chi connectivity index (χ0) is 18.5. The van der Waals surface area contributed by atoms with Crippen LogP contribution < -0.4 is 5.43 Å². The second-order valence-electron chi connectivity index (χ2n) is 4.99. The number of rotatable bonds is 6. The van der Waals surface area contributed by atoms with Crippen molar-refractivity contribution < 1.29 is 9.72 Å². The van der Waals surface area contributed by atoms with Gasteiger partial charge in [0.1, 0.15) is 6.33 Å². The first kappa shape index (κ1) is 17.8. The van der Waals surface area contributed by atoms with Crippen molar-refractivity contribution in [3.8, 4) is 0 Å². The van der Waals surface area contributed by atoms with Crippen molar-refractivity contribution in [1.29, 1.82) is 0 Å². The van der Waals surface area contributed by atoms with Crippen LogP contribution in [0.25, 0.3) is 0 Å². The van der Waals surface area contributed by atoms with Gasteiger partial charge in [-0.25, -0.2) is 5.43 Å². The molecule has 0 bridgehead atoms. The van der Waals surface area contributed by atoms with Crippen LogP contribution in [0.1, 0.15) is 15.2 Å². The molecule has 3 rings (SSSR count). The zero-order valence-electron chi connectivity index (χ0n) is 13.4. The fraction of sp³-hybridized carbons (Fsp3) is 0.0667. The van der Waals surface area contributed by atoms with Crippen LogP contribution in [0.5, 0.6) is 0 Å². The van der Waals surface area contributed by atoms with Crippen molar-refractivity contribution in [3.63, 3.8) is 0 Å². The Morgan fingerprint density at radius 3 is 2.96 bits per heavy atom. The fourth-order valence-electron chi connectivity index (χ4n) is 1.94. The standard InChI is InChI=1S/C15H12N6O3S2/c1-20-9-17-19-15(20)26-12-5-4-10(7-11(12)21(23)24)8-16-18-14(22)13-3-2-6-25-13/h2-9H,1H3,(H,18,22)/b16-8+. The summed E-state index contributed by atoms with van der Waals surface area (Å²) >= 11 is 2.44. The van der Waals surface area contributed by atoms with Crippen LogP contribution >= 0.6 is 23.1 Å². The van der Waals surface area contributed by atoms with Gasteiger partial charge in [0, 0.05) is 18.7 Å². The first-order chi connectivity index (χ1) is 12.5. The number of carbonyl (C=O) groups is 1. The predicted octanol–water partition coefficient (Wildman–Crippen LogP) is 2.70. The lowest BCUT2D eigenvalue weighted by molar-refractivity contribution is -0.387. The molecule has 1 N–H and O–H groups in total. The maximum atomic E-state index is 11.8. The van der Waals surface area contributed by atoms with E-state index in [9.17, 15) is 14.9 Å². The molecule has 132 valence electrons. The highest BCUT2D eigenvalue weighted by Crippen LogP contribution is 2.33. The summed E-state index contributed by atoms with van der Waals surface area (Å²) in [5, 5.41) is 25.2. The molecule has 2 aromatic heterocycles. The summed E-state index contributed by atoms with van der Waals surface area (Å²) in [6.45, 7) is 0. The first-order valence-corrected chi connectivity index (χ1v) is 8.91. The number of aromatic nitrogens is 3. The Kier molecular flexibility index (Phi) is 5.39. The van der Waals surface area contributed by atoms with Crippen LogP contribution in [0.2, 0.25) is 0 Å². The van der Waals surface area contributed by atoms with E-state index in [1.54, 1.807) is 41.3 Å². The van der Waals surface area contributed by atoms with E-state index in [0.29, 0.717) is 20.5 Å². The van der Waals surface area contributed by atoms with Gasteiger partial charge in [0.2, 0.25) is 0 Å². The Morgan fingerprint density at radius 1 is 1.46 bits per heavy atom. The van der Waals surface area contributed by atoms with Crippen LogP contribution in [-0.4, -0.2) is 31.8 Å². The van der Waals surface area contributed by atoms with Gasteiger partial charge in [-0.05, 0) is 29.3 Å². The third-order valence-electron chi connectivity index (χ3n) is 3.18. The van der Waals surface area contributed by atoms with Gasteiger partial charge in [-0.1, -0.05) is 12.1 Å². The second-order valence-corrected chi connectivity index (χ2v) is 6.94. The third kappa shape index (κ3) is 4.13. The van der Waals surface area contributed by atoms with Crippen molar-refractivity contribution in [1.82, 2.24) is 20.2 Å². The van der Waals surface area contributed by atoms with E-state index in [1.807, 2.05) is 0 Å². The normalized spacial score (nSPS) is 11.0. The molecule has 0 atom stereocenters. The minimum absolute atomic E-state index is 0.0773. The molecular formula is C15H12N6O3S2. The molecule has 0 radical (unpaired) electrons. The van der Waals surface area contributed by atoms with Crippen molar-refractivity contribution >= 4 is 40.9 Å². The summed E-state index contributed by atoms with van der Waals surface area (Å²) in [6, 6.07) is 8.12. The predicted molar refractivity (Wildman–Crippen MR) is 97.6 cm³/mol. The SMILES string of the molecule is Cn1cnnc1Sc1ccc(/C=N/NC(=O)c2cccs2)cc1[N+](=O)[O-]. The van der Waals surface area contributed by atoms with E-state index in [1.165, 1.54) is 29.9 Å². The quantitative estimate of drug-likeness (QED) is 0.394. The van der Waals surface area contributed by atoms with Crippen LogP contribution in [-0.2, 0) is 7.05 Å². The van der Waals surface area contributed by atoms with Crippen LogP contribution in [0, 0.1) is 10.1 Å². The molecule has 0 saturated carbocycles. The molecule has 0 unspecified atom stereocenters. The molecule has 26 heavy (non-hydrogen) atoms. The molecule has 0 fully saturated rings. The molecular weight excluding hydrogens is 376 g/mol. The smallest absolute Gasteiger partial charge is 0.283 e. The van der Waals surface area contributed by atoms with Crippen molar-refractivity contribution in [2.45, 2.75) is 10.1 Å². The van der Waals surface area contributed by atoms with Gasteiger partial charge in [0.15, 0.2) is 5.16 Å². The van der Waals surface area contributed by atoms with E-state index >= 15 is 0 Å². The molecule has 1 amide bonds. The number of aryl methyl sites for hydroxylation is 1. The second kappa shape index (κ2) is 7.89. The molecule has 9 nitrogen and oxygen atoms in total. The third-order valence-corrected chi connectivity index (χ3v) is 5.16. The highest BCUT2D eigenvalue weighted by atomic mass is 32.2. The lowest BCUT2D eigenvalue weighted by Gasteiger charge is -2.03. The van der Waals surface area contributed by atoms with Crippen LogP contribution in [0.4, 0.5) is 5.69 Å². The van der Waals surface area contributed by atoms with Gasteiger partial charge in [-0.15, -0.1) is 21.5 Å². The summed E-state index contributed by atoms with van der Waals surface area (Å²) in [5.74, 6) is -0.333. The average molecular weight is 388 g/mol. The number of hydrogen-bond acceptors (Lipinski definition) is 8. The summed E-state index contributed by atoms with van der Waals surface area (Å²) in [6.07, 6.45) is 2.88. The van der Waals surface area contributed by atoms with Gasteiger partial charge in [-0.2, -0.15) is 5.10 Å². The topological polar surface area (TPSA) is 115 Å². The Bertz CT molecular complexity index is 968. The number of amides is 1. The number of benzene rings is 1. The summed E-state index contributed by atoms with van der Waals surface area (Å²) < 4.78 is 1.67. The Hall–Kier alpha value is -3.05. The Balaban J connectivity index is 1.75. The Morgan fingerprint density at radius 2 is 2.31 bits per heavy atom. The molecule has 0 aliphatic carbocycles. The first-order valence-electron chi connectivity index (χ1n) is 7.22. The largest absolute Gasteiger partial charge is 0.311 e. The number of hydrogen-bond donors (Lipinski definition) is 1. The molecule has 1 aromatic carbocycles. The van der Waals surface area contributed by atoms with Crippen molar-refractivity contribution in [2.24, 2.45) is 12.1 Å². The summed E-state index contributed by atoms with van der Waals surface area (Å²) in [5.41, 5.74) is 2.80. The molecule has 0 aliphatic heterocycles. The van der Waals surface area contributed by atoms with E-state index in [2.05, 4.69) is 20.7 Å². The van der Waals surface area contributed by atoms with E-state index in [4.69, 9.17) is 0 Å². The van der Waals surface area contributed by atoms with E-state index in [0.717, 1.165) is 11.8 Å².